The molecule has 2 atom stereocenters. The summed E-state index contributed by atoms with van der Waals surface area (Å²) in [5.41, 5.74) is -2.09. The van der Waals surface area contributed by atoms with E-state index in [0.29, 0.717) is 0 Å². The summed E-state index contributed by atoms with van der Waals surface area (Å²) in [5.74, 6) is -2.54. The fourth-order valence-electron chi connectivity index (χ4n) is 2.51. The van der Waals surface area contributed by atoms with Gasteiger partial charge in [0.1, 0.15) is 11.4 Å². The standard InChI is InChI=1S/C17H20FNO5/c1-16(2,3)24-15(22)19-17(14(21)23-4)9-12(17)13(20)10-6-5-7-11(18)8-10/h5-8,12H,9H2,1-4H3,(H,19,22). The monoisotopic (exact) mass is 337 g/mol. The van der Waals surface area contributed by atoms with Gasteiger partial charge in [-0.25, -0.2) is 14.0 Å². The largest absolute Gasteiger partial charge is 0.467 e. The molecular formula is C17H20FNO5. The van der Waals surface area contributed by atoms with E-state index in [4.69, 9.17) is 9.47 Å². The van der Waals surface area contributed by atoms with Crippen molar-refractivity contribution in [3.63, 3.8) is 0 Å². The first-order valence-electron chi connectivity index (χ1n) is 7.48. The van der Waals surface area contributed by atoms with Crippen LogP contribution in [0.25, 0.3) is 0 Å². The molecule has 0 bridgehead atoms. The fraction of sp³-hybridized carbons (Fsp3) is 0.471. The number of carbonyl (C=O) groups excluding carboxylic acids is 3. The molecule has 1 aromatic rings. The SMILES string of the molecule is COC(=O)C1(NC(=O)OC(C)(C)C)CC1C(=O)c1cccc(F)c1. The molecule has 1 aliphatic rings. The lowest BCUT2D eigenvalue weighted by Crippen LogP contribution is -2.48. The Bertz CT molecular complexity index is 682. The van der Waals surface area contributed by atoms with Crippen molar-refractivity contribution in [2.24, 2.45) is 5.92 Å². The molecule has 130 valence electrons. The van der Waals surface area contributed by atoms with E-state index in [1.165, 1.54) is 25.3 Å². The zero-order valence-electron chi connectivity index (χ0n) is 14.0. The molecule has 1 saturated carbocycles. The van der Waals surface area contributed by atoms with E-state index in [-0.39, 0.29) is 12.0 Å². The Balaban J connectivity index is 2.19. The van der Waals surface area contributed by atoms with Gasteiger partial charge >= 0.3 is 12.1 Å². The van der Waals surface area contributed by atoms with Crippen molar-refractivity contribution < 1.29 is 28.2 Å². The summed E-state index contributed by atoms with van der Waals surface area (Å²) in [7, 11) is 1.17. The fourth-order valence-corrected chi connectivity index (χ4v) is 2.51. The van der Waals surface area contributed by atoms with E-state index in [0.717, 1.165) is 6.07 Å². The summed E-state index contributed by atoms with van der Waals surface area (Å²) >= 11 is 0. The summed E-state index contributed by atoms with van der Waals surface area (Å²) in [6.07, 6.45) is -0.740. The Hall–Kier alpha value is -2.44. The van der Waals surface area contributed by atoms with Crippen LogP contribution >= 0.6 is 0 Å². The number of Topliss-reactive ketones (excluding diaryl/α,β-unsaturated/α-hetero) is 1. The maximum absolute atomic E-state index is 13.3. The second-order valence-corrected chi connectivity index (χ2v) is 6.72. The van der Waals surface area contributed by atoms with Gasteiger partial charge in [-0.15, -0.1) is 0 Å². The maximum atomic E-state index is 13.3. The minimum atomic E-state index is -1.47. The third-order valence-electron chi connectivity index (χ3n) is 3.66. The number of benzene rings is 1. The first-order chi connectivity index (χ1) is 11.1. The molecule has 0 heterocycles. The number of rotatable bonds is 4. The average molecular weight is 337 g/mol. The summed E-state index contributed by atoms with van der Waals surface area (Å²) in [4.78, 5) is 36.6. The third-order valence-corrected chi connectivity index (χ3v) is 3.66. The van der Waals surface area contributed by atoms with Gasteiger partial charge in [-0.1, -0.05) is 12.1 Å². The lowest BCUT2D eigenvalue weighted by atomic mass is 10.0. The zero-order valence-corrected chi connectivity index (χ0v) is 14.0. The van der Waals surface area contributed by atoms with Gasteiger partial charge in [-0.05, 0) is 39.3 Å². The molecule has 0 aliphatic heterocycles. The summed E-state index contributed by atoms with van der Waals surface area (Å²) in [5, 5.41) is 2.44. The summed E-state index contributed by atoms with van der Waals surface area (Å²) < 4.78 is 23.1. The Labute approximate surface area is 139 Å². The molecule has 1 fully saturated rings. The van der Waals surface area contributed by atoms with E-state index in [9.17, 15) is 18.8 Å². The average Bonchev–Trinajstić information content (AvgIpc) is 3.18. The highest BCUT2D eigenvalue weighted by Crippen LogP contribution is 2.46. The van der Waals surface area contributed by atoms with E-state index in [1.54, 1.807) is 20.8 Å². The van der Waals surface area contributed by atoms with Crippen molar-refractivity contribution in [2.75, 3.05) is 7.11 Å². The highest BCUT2D eigenvalue weighted by Gasteiger charge is 2.66. The van der Waals surface area contributed by atoms with Crippen molar-refractivity contribution in [3.8, 4) is 0 Å². The van der Waals surface area contributed by atoms with Crippen molar-refractivity contribution >= 4 is 17.8 Å². The lowest BCUT2D eigenvalue weighted by Gasteiger charge is -2.23. The maximum Gasteiger partial charge on any atom is 0.408 e. The number of hydrogen-bond donors (Lipinski definition) is 1. The second-order valence-electron chi connectivity index (χ2n) is 6.72. The Morgan fingerprint density at radius 1 is 1.29 bits per heavy atom. The van der Waals surface area contributed by atoms with Crippen LogP contribution in [0.2, 0.25) is 0 Å². The predicted molar refractivity (Wildman–Crippen MR) is 83.0 cm³/mol. The summed E-state index contributed by atoms with van der Waals surface area (Å²) in [6, 6.07) is 5.18. The first kappa shape index (κ1) is 17.9. The zero-order chi connectivity index (χ0) is 18.1. The van der Waals surface area contributed by atoms with Crippen LogP contribution in [0.1, 0.15) is 37.6 Å². The molecule has 24 heavy (non-hydrogen) atoms. The van der Waals surface area contributed by atoms with Gasteiger partial charge in [-0.3, -0.25) is 4.79 Å². The molecule has 1 amide bonds. The number of halogens is 1. The predicted octanol–water partition coefficient (Wildman–Crippen LogP) is 2.46. The number of hydrogen-bond acceptors (Lipinski definition) is 5. The number of esters is 1. The highest BCUT2D eigenvalue weighted by molar-refractivity contribution is 6.07. The molecule has 1 aliphatic carbocycles. The van der Waals surface area contributed by atoms with Crippen LogP contribution in [-0.2, 0) is 14.3 Å². The highest BCUT2D eigenvalue weighted by atomic mass is 19.1. The molecule has 2 rings (SSSR count). The smallest absolute Gasteiger partial charge is 0.408 e. The number of alkyl carbamates (subject to hydrolysis) is 1. The number of carbonyl (C=O) groups is 3. The van der Waals surface area contributed by atoms with Crippen molar-refractivity contribution in [3.05, 3.63) is 35.6 Å². The van der Waals surface area contributed by atoms with Crippen LogP contribution in [0.4, 0.5) is 9.18 Å². The summed E-state index contributed by atoms with van der Waals surface area (Å²) in [6.45, 7) is 5.04. The van der Waals surface area contributed by atoms with E-state index < -0.39 is 40.7 Å². The Morgan fingerprint density at radius 3 is 2.50 bits per heavy atom. The van der Waals surface area contributed by atoms with Gasteiger partial charge in [0.15, 0.2) is 11.3 Å². The Kier molecular flexibility index (Phi) is 4.64. The first-order valence-corrected chi connectivity index (χ1v) is 7.48. The van der Waals surface area contributed by atoms with Crippen LogP contribution in [-0.4, -0.2) is 36.1 Å². The molecule has 0 radical (unpaired) electrons. The van der Waals surface area contributed by atoms with E-state index in [2.05, 4.69) is 5.32 Å². The Morgan fingerprint density at radius 2 is 1.96 bits per heavy atom. The number of ketones is 1. The number of amides is 1. The lowest BCUT2D eigenvalue weighted by molar-refractivity contribution is -0.144. The van der Waals surface area contributed by atoms with Crippen LogP contribution in [0.15, 0.2) is 24.3 Å². The number of methoxy groups -OCH3 is 1. The quantitative estimate of drug-likeness (QED) is 0.674. The van der Waals surface area contributed by atoms with Gasteiger partial charge < -0.3 is 14.8 Å². The van der Waals surface area contributed by atoms with E-state index >= 15 is 0 Å². The second kappa shape index (κ2) is 6.22. The van der Waals surface area contributed by atoms with Crippen LogP contribution in [0, 0.1) is 11.7 Å². The van der Waals surface area contributed by atoms with Crippen LogP contribution < -0.4 is 5.32 Å². The topological polar surface area (TPSA) is 81.7 Å². The number of nitrogens with one attached hydrogen (secondary N) is 1. The van der Waals surface area contributed by atoms with Crippen LogP contribution in [0.5, 0.6) is 0 Å². The van der Waals surface area contributed by atoms with Crippen molar-refractivity contribution in [2.45, 2.75) is 38.3 Å². The molecule has 1 N–H and O–H groups in total. The van der Waals surface area contributed by atoms with Gasteiger partial charge in [0.2, 0.25) is 0 Å². The molecule has 2 unspecified atom stereocenters. The minimum absolute atomic E-state index is 0.0776. The molecule has 0 aromatic heterocycles. The number of ether oxygens (including phenoxy) is 2. The van der Waals surface area contributed by atoms with Gasteiger partial charge in [0, 0.05) is 5.56 Å². The molecular weight excluding hydrogens is 317 g/mol. The van der Waals surface area contributed by atoms with Gasteiger partial charge in [0.05, 0.1) is 13.0 Å². The van der Waals surface area contributed by atoms with Crippen molar-refractivity contribution in [1.82, 2.24) is 5.32 Å². The molecule has 0 spiro atoms. The van der Waals surface area contributed by atoms with Gasteiger partial charge in [-0.2, -0.15) is 0 Å². The normalized spacial score (nSPS) is 22.5. The minimum Gasteiger partial charge on any atom is -0.467 e. The molecule has 1 aromatic carbocycles. The molecule has 7 heteroatoms. The van der Waals surface area contributed by atoms with Crippen molar-refractivity contribution in [1.29, 1.82) is 0 Å². The van der Waals surface area contributed by atoms with Crippen LogP contribution in [0.3, 0.4) is 0 Å². The van der Waals surface area contributed by atoms with E-state index in [1.807, 2.05) is 0 Å². The molecule has 0 saturated heterocycles. The van der Waals surface area contributed by atoms with Gasteiger partial charge in [0.25, 0.3) is 0 Å². The third kappa shape index (κ3) is 3.72. The molecule has 6 nitrogen and oxygen atoms in total.